The first-order valence-electron chi connectivity index (χ1n) is 6.12. The largest absolute Gasteiger partial charge is 0.396 e. The van der Waals surface area contributed by atoms with Gasteiger partial charge in [0.1, 0.15) is 0 Å². The van der Waals surface area contributed by atoms with Gasteiger partial charge in [-0.05, 0) is 32.4 Å². The topological polar surface area (TPSA) is 83.7 Å². The Morgan fingerprint density at radius 2 is 2.16 bits per heavy atom. The number of hydrogen-bond donors (Lipinski definition) is 1. The van der Waals surface area contributed by atoms with E-state index in [0.29, 0.717) is 19.3 Å². The minimum atomic E-state index is -0.569. The number of benzene rings is 1. The van der Waals surface area contributed by atoms with Gasteiger partial charge >= 0.3 is 0 Å². The lowest BCUT2D eigenvalue weighted by atomic mass is 10.1. The van der Waals surface area contributed by atoms with E-state index in [0.717, 1.165) is 5.69 Å². The van der Waals surface area contributed by atoms with Crippen LogP contribution in [0.2, 0.25) is 0 Å². The molecule has 0 aliphatic carbocycles. The van der Waals surface area contributed by atoms with Gasteiger partial charge in [-0.25, -0.2) is 0 Å². The van der Waals surface area contributed by atoms with Crippen LogP contribution in [0.5, 0.6) is 0 Å². The van der Waals surface area contributed by atoms with E-state index in [2.05, 4.69) is 0 Å². The van der Waals surface area contributed by atoms with Gasteiger partial charge in [0.25, 0.3) is 5.69 Å². The Kier molecular flexibility index (Phi) is 5.44. The molecule has 0 heterocycles. The number of nitro groups is 1. The highest BCUT2D eigenvalue weighted by molar-refractivity contribution is 5.83. The smallest absolute Gasteiger partial charge is 0.280 e. The Bertz CT molecular complexity index is 460. The molecule has 0 bridgehead atoms. The molecule has 1 aromatic rings. The first-order chi connectivity index (χ1) is 9.01. The summed E-state index contributed by atoms with van der Waals surface area (Å²) >= 11 is 0. The summed E-state index contributed by atoms with van der Waals surface area (Å²) < 4.78 is 0. The summed E-state index contributed by atoms with van der Waals surface area (Å²) in [5, 5.41) is 19.7. The van der Waals surface area contributed by atoms with E-state index in [4.69, 9.17) is 5.11 Å². The molecule has 0 radical (unpaired) electrons. The molecule has 1 rings (SSSR count). The number of nitrogens with zero attached hydrogens (tertiary/aromatic N) is 2. The molecule has 6 nitrogen and oxygen atoms in total. The highest BCUT2D eigenvalue weighted by Gasteiger charge is 2.17. The van der Waals surface area contributed by atoms with Crippen molar-refractivity contribution in [3.8, 4) is 0 Å². The van der Waals surface area contributed by atoms with Crippen LogP contribution in [0.25, 0.3) is 0 Å². The van der Waals surface area contributed by atoms with Crippen LogP contribution in [0.3, 0.4) is 0 Å². The summed E-state index contributed by atoms with van der Waals surface area (Å²) in [5.74, 6) is 0. The fraction of sp³-hybridized carbons (Fsp3) is 0.462. The second-order valence-corrected chi connectivity index (χ2v) is 4.48. The molecule has 1 N–H and O–H groups in total. The Balaban J connectivity index is 3.11. The number of aliphatic hydroxyl groups excluding tert-OH is 1. The van der Waals surface area contributed by atoms with Crippen LogP contribution in [-0.2, 0) is 0 Å². The highest BCUT2D eigenvalue weighted by atomic mass is 16.6. The van der Waals surface area contributed by atoms with Crippen LogP contribution in [0.1, 0.15) is 30.6 Å². The van der Waals surface area contributed by atoms with Gasteiger partial charge in [-0.1, -0.05) is 0 Å². The molecule has 0 aliphatic heterocycles. The number of rotatable bonds is 7. The summed E-state index contributed by atoms with van der Waals surface area (Å²) in [6.45, 7) is 4.68. The maximum Gasteiger partial charge on any atom is 0.280 e. The highest BCUT2D eigenvalue weighted by Crippen LogP contribution is 2.25. The zero-order chi connectivity index (χ0) is 14.4. The predicted molar refractivity (Wildman–Crippen MR) is 72.7 cm³/mol. The molecular formula is C13H18N2O4. The van der Waals surface area contributed by atoms with Gasteiger partial charge in [0.05, 0.1) is 10.5 Å². The first-order valence-corrected chi connectivity index (χ1v) is 6.12. The lowest BCUT2D eigenvalue weighted by Crippen LogP contribution is -2.32. The summed E-state index contributed by atoms with van der Waals surface area (Å²) in [7, 11) is 0. The summed E-state index contributed by atoms with van der Waals surface area (Å²) in [6.07, 6.45) is 1.10. The number of nitro benzene ring substituents is 1. The SMILES string of the molecule is CC(C)N(CCCO)c1ccc([N+](=O)[O-])c(C=O)c1. The van der Waals surface area contributed by atoms with Crippen LogP contribution >= 0.6 is 0 Å². The average molecular weight is 266 g/mol. The summed E-state index contributed by atoms with van der Waals surface area (Å²) in [5.41, 5.74) is 0.623. The molecule has 0 spiro atoms. The minimum Gasteiger partial charge on any atom is -0.396 e. The lowest BCUT2D eigenvalue weighted by Gasteiger charge is -2.29. The monoisotopic (exact) mass is 266 g/mol. The van der Waals surface area contributed by atoms with Gasteiger partial charge in [0.15, 0.2) is 6.29 Å². The normalized spacial score (nSPS) is 10.5. The Hall–Kier alpha value is -1.95. The van der Waals surface area contributed by atoms with Crippen molar-refractivity contribution in [2.75, 3.05) is 18.1 Å². The Morgan fingerprint density at radius 3 is 2.63 bits per heavy atom. The molecule has 0 aromatic heterocycles. The molecule has 0 atom stereocenters. The van der Waals surface area contributed by atoms with Gasteiger partial charge in [0, 0.05) is 30.9 Å². The van der Waals surface area contributed by atoms with E-state index < -0.39 is 4.92 Å². The van der Waals surface area contributed by atoms with Gasteiger partial charge in [-0.3, -0.25) is 14.9 Å². The van der Waals surface area contributed by atoms with E-state index >= 15 is 0 Å². The Labute approximate surface area is 111 Å². The lowest BCUT2D eigenvalue weighted by molar-refractivity contribution is -0.385. The van der Waals surface area contributed by atoms with Crippen LogP contribution in [0.4, 0.5) is 11.4 Å². The third-order valence-corrected chi connectivity index (χ3v) is 2.85. The third-order valence-electron chi connectivity index (χ3n) is 2.85. The van der Waals surface area contributed by atoms with Crippen LogP contribution in [-0.4, -0.2) is 35.5 Å². The second-order valence-electron chi connectivity index (χ2n) is 4.48. The zero-order valence-corrected chi connectivity index (χ0v) is 11.1. The zero-order valence-electron chi connectivity index (χ0n) is 11.1. The number of hydrogen-bond acceptors (Lipinski definition) is 5. The molecule has 0 saturated carbocycles. The summed E-state index contributed by atoms with van der Waals surface area (Å²) in [6, 6.07) is 4.66. The number of carbonyl (C=O) groups is 1. The van der Waals surface area contributed by atoms with Gasteiger partial charge < -0.3 is 10.0 Å². The quantitative estimate of drug-likeness (QED) is 0.463. The van der Waals surface area contributed by atoms with Gasteiger partial charge in [0.2, 0.25) is 0 Å². The van der Waals surface area contributed by atoms with Crippen molar-refractivity contribution in [1.82, 2.24) is 0 Å². The van der Waals surface area contributed by atoms with E-state index in [1.165, 1.54) is 12.1 Å². The van der Waals surface area contributed by atoms with E-state index in [1.54, 1.807) is 6.07 Å². The molecule has 0 saturated heterocycles. The van der Waals surface area contributed by atoms with Crippen LogP contribution < -0.4 is 4.90 Å². The standard InChI is InChI=1S/C13H18N2O4/c1-10(2)14(6-3-7-16)12-4-5-13(15(18)19)11(8-12)9-17/h4-5,8-10,16H,3,6-7H2,1-2H3. The summed E-state index contributed by atoms with van der Waals surface area (Å²) in [4.78, 5) is 23.1. The van der Waals surface area contributed by atoms with Crippen molar-refractivity contribution in [3.05, 3.63) is 33.9 Å². The number of anilines is 1. The molecule has 1 aromatic carbocycles. The molecule has 104 valence electrons. The van der Waals surface area contributed by atoms with Crippen molar-refractivity contribution < 1.29 is 14.8 Å². The first kappa shape index (κ1) is 15.1. The van der Waals surface area contributed by atoms with Crippen molar-refractivity contribution in [1.29, 1.82) is 0 Å². The fourth-order valence-corrected chi connectivity index (χ4v) is 1.91. The van der Waals surface area contributed by atoms with Crippen molar-refractivity contribution >= 4 is 17.7 Å². The maximum atomic E-state index is 10.9. The van der Waals surface area contributed by atoms with E-state index in [1.807, 2.05) is 18.7 Å². The third kappa shape index (κ3) is 3.75. The molecule has 0 fully saturated rings. The maximum absolute atomic E-state index is 10.9. The van der Waals surface area contributed by atoms with Gasteiger partial charge in [-0.15, -0.1) is 0 Å². The van der Waals surface area contributed by atoms with Crippen molar-refractivity contribution in [2.45, 2.75) is 26.3 Å². The average Bonchev–Trinajstić information content (AvgIpc) is 2.38. The predicted octanol–water partition coefficient (Wildman–Crippen LogP) is 2.00. The molecule has 19 heavy (non-hydrogen) atoms. The molecule has 6 heteroatoms. The van der Waals surface area contributed by atoms with Crippen molar-refractivity contribution in [2.24, 2.45) is 0 Å². The molecular weight excluding hydrogens is 248 g/mol. The minimum absolute atomic E-state index is 0.0668. The number of aldehydes is 1. The molecule has 0 unspecified atom stereocenters. The van der Waals surface area contributed by atoms with Gasteiger partial charge in [-0.2, -0.15) is 0 Å². The molecule has 0 amide bonds. The van der Waals surface area contributed by atoms with E-state index in [9.17, 15) is 14.9 Å². The van der Waals surface area contributed by atoms with Crippen LogP contribution in [0.15, 0.2) is 18.2 Å². The number of carbonyl (C=O) groups excluding carboxylic acids is 1. The van der Waals surface area contributed by atoms with E-state index in [-0.39, 0.29) is 23.9 Å². The Morgan fingerprint density at radius 1 is 1.47 bits per heavy atom. The number of aliphatic hydroxyl groups is 1. The van der Waals surface area contributed by atoms with Crippen molar-refractivity contribution in [3.63, 3.8) is 0 Å². The fourth-order valence-electron chi connectivity index (χ4n) is 1.91. The van der Waals surface area contributed by atoms with Crippen LogP contribution in [0, 0.1) is 10.1 Å². The molecule has 0 aliphatic rings. The second kappa shape index (κ2) is 6.84.